The molecule has 0 saturated carbocycles. The summed E-state index contributed by atoms with van der Waals surface area (Å²) >= 11 is 1.42. The summed E-state index contributed by atoms with van der Waals surface area (Å²) in [5.74, 6) is -0.00629. The Hall–Kier alpha value is -2.14. The Morgan fingerprint density at radius 3 is 2.53 bits per heavy atom. The zero-order valence-corrected chi connectivity index (χ0v) is 11.4. The van der Waals surface area contributed by atoms with Crippen LogP contribution in [0, 0.1) is 0 Å². The topological polar surface area (TPSA) is 44.0 Å². The number of fused-ring (bicyclic) bond motifs is 1. The first kappa shape index (κ1) is 11.9. The van der Waals surface area contributed by atoms with Crippen molar-refractivity contribution in [3.8, 4) is 0 Å². The quantitative estimate of drug-likeness (QED) is 0.671. The number of hydrogen-bond donors (Lipinski definition) is 0. The Balaban J connectivity index is 2.20. The van der Waals surface area contributed by atoms with E-state index in [0.717, 1.165) is 11.0 Å². The molecule has 0 amide bonds. The van der Waals surface area contributed by atoms with Crippen LogP contribution in [0.1, 0.15) is 15.2 Å². The van der Waals surface area contributed by atoms with Crippen LogP contribution in [-0.4, -0.2) is 14.9 Å². The third kappa shape index (κ3) is 1.74. The van der Waals surface area contributed by atoms with Crippen LogP contribution in [0.25, 0.3) is 11.0 Å². The van der Waals surface area contributed by atoms with Crippen molar-refractivity contribution in [2.24, 2.45) is 14.1 Å². The molecule has 5 heteroatoms. The van der Waals surface area contributed by atoms with E-state index >= 15 is 0 Å². The molecule has 0 aliphatic heterocycles. The normalized spacial score (nSPS) is 11.1. The molecule has 0 atom stereocenters. The van der Waals surface area contributed by atoms with Crippen molar-refractivity contribution in [1.29, 1.82) is 0 Å². The first-order chi connectivity index (χ1) is 9.09. The van der Waals surface area contributed by atoms with E-state index < -0.39 is 0 Å². The van der Waals surface area contributed by atoms with Gasteiger partial charge in [0.2, 0.25) is 5.78 Å². The molecule has 0 spiro atoms. The molecule has 0 radical (unpaired) electrons. The summed E-state index contributed by atoms with van der Waals surface area (Å²) in [5.41, 5.74) is 2.12. The van der Waals surface area contributed by atoms with Gasteiger partial charge in [-0.2, -0.15) is 0 Å². The monoisotopic (exact) mass is 272 g/mol. The third-order valence-corrected chi connectivity index (χ3v) is 4.15. The molecule has 0 aliphatic rings. The van der Waals surface area contributed by atoms with Crippen molar-refractivity contribution in [2.75, 3.05) is 0 Å². The van der Waals surface area contributed by atoms with Gasteiger partial charge in [0.15, 0.2) is 0 Å². The second-order valence-electron chi connectivity index (χ2n) is 4.41. The summed E-state index contributed by atoms with van der Waals surface area (Å²) in [4.78, 5) is 24.8. The summed E-state index contributed by atoms with van der Waals surface area (Å²) in [7, 11) is 3.44. The Morgan fingerprint density at radius 1 is 1.11 bits per heavy atom. The summed E-state index contributed by atoms with van der Waals surface area (Å²) in [6.45, 7) is 0. The Kier molecular flexibility index (Phi) is 2.64. The van der Waals surface area contributed by atoms with E-state index in [4.69, 9.17) is 0 Å². The van der Waals surface area contributed by atoms with E-state index in [1.165, 1.54) is 11.3 Å². The van der Waals surface area contributed by atoms with Crippen molar-refractivity contribution in [3.63, 3.8) is 0 Å². The summed E-state index contributed by atoms with van der Waals surface area (Å²) in [6, 6.07) is 9.02. The van der Waals surface area contributed by atoms with Crippen LogP contribution in [0.5, 0.6) is 0 Å². The van der Waals surface area contributed by atoms with Crippen molar-refractivity contribution in [2.45, 2.75) is 0 Å². The van der Waals surface area contributed by atoms with E-state index in [0.29, 0.717) is 10.4 Å². The molecule has 0 fully saturated rings. The van der Waals surface area contributed by atoms with Gasteiger partial charge < -0.3 is 0 Å². The second-order valence-corrected chi connectivity index (χ2v) is 5.36. The van der Waals surface area contributed by atoms with Crippen LogP contribution in [0.3, 0.4) is 0 Å². The smallest absolute Gasteiger partial charge is 0.295 e. The maximum absolute atomic E-state index is 12.3. The van der Waals surface area contributed by atoms with Crippen LogP contribution in [0.15, 0.2) is 40.5 Å². The molecule has 2 heterocycles. The fraction of sp³-hybridized carbons (Fsp3) is 0.143. The average Bonchev–Trinajstić information content (AvgIpc) is 3.03. The number of hydrogen-bond acceptors (Lipinski definition) is 3. The largest absolute Gasteiger partial charge is 0.328 e. The zero-order valence-electron chi connectivity index (χ0n) is 10.6. The number of carbonyl (C=O) groups is 1. The van der Waals surface area contributed by atoms with Gasteiger partial charge in [0.05, 0.1) is 15.9 Å². The van der Waals surface area contributed by atoms with Gasteiger partial charge in [-0.15, -0.1) is 11.3 Å². The molecule has 19 heavy (non-hydrogen) atoms. The van der Waals surface area contributed by atoms with Gasteiger partial charge >= 0.3 is 5.69 Å². The number of rotatable bonds is 2. The lowest BCUT2D eigenvalue weighted by molar-refractivity contribution is 0.104. The second kappa shape index (κ2) is 4.20. The van der Waals surface area contributed by atoms with E-state index in [9.17, 15) is 9.59 Å². The molecule has 3 rings (SSSR count). The first-order valence-corrected chi connectivity index (χ1v) is 6.71. The SMILES string of the molecule is Cn1c(=O)n(C)c2cc(C(=O)c3cccs3)ccc21. The molecule has 0 N–H and O–H groups in total. The highest BCUT2D eigenvalue weighted by Crippen LogP contribution is 2.19. The summed E-state index contributed by atoms with van der Waals surface area (Å²) < 4.78 is 3.13. The minimum absolute atomic E-state index is 0.00629. The number of thiophene rings is 1. The molecule has 2 aromatic heterocycles. The van der Waals surface area contributed by atoms with Gasteiger partial charge in [0.25, 0.3) is 0 Å². The standard InChI is InChI=1S/C14H12N2O2S/c1-15-10-6-5-9(8-11(10)16(2)14(15)18)13(17)12-4-3-7-19-12/h3-8H,1-2H3. The highest BCUT2D eigenvalue weighted by atomic mass is 32.1. The lowest BCUT2D eigenvalue weighted by Gasteiger charge is -2.00. The van der Waals surface area contributed by atoms with Crippen LogP contribution in [0.2, 0.25) is 0 Å². The Labute approximate surface area is 113 Å². The lowest BCUT2D eigenvalue weighted by Crippen LogP contribution is -2.19. The molecule has 3 aromatic rings. The van der Waals surface area contributed by atoms with E-state index in [1.54, 1.807) is 41.4 Å². The number of carbonyl (C=O) groups excluding carboxylic acids is 1. The average molecular weight is 272 g/mol. The predicted octanol–water partition coefficient (Wildman–Crippen LogP) is 2.17. The summed E-state index contributed by atoms with van der Waals surface area (Å²) in [5, 5.41) is 1.88. The fourth-order valence-corrected chi connectivity index (χ4v) is 2.88. The molecular weight excluding hydrogens is 260 g/mol. The highest BCUT2D eigenvalue weighted by Gasteiger charge is 2.13. The number of nitrogens with zero attached hydrogens (tertiary/aromatic N) is 2. The maximum atomic E-state index is 12.3. The highest BCUT2D eigenvalue weighted by molar-refractivity contribution is 7.12. The van der Waals surface area contributed by atoms with Crippen LogP contribution >= 0.6 is 11.3 Å². The van der Waals surface area contributed by atoms with Crippen LogP contribution in [-0.2, 0) is 14.1 Å². The number of aryl methyl sites for hydroxylation is 2. The fourth-order valence-electron chi connectivity index (χ4n) is 2.20. The van der Waals surface area contributed by atoms with E-state index in [2.05, 4.69) is 0 Å². The number of aromatic nitrogens is 2. The van der Waals surface area contributed by atoms with Gasteiger partial charge in [0, 0.05) is 19.7 Å². The van der Waals surface area contributed by atoms with Crippen molar-refractivity contribution < 1.29 is 4.79 Å². The van der Waals surface area contributed by atoms with Gasteiger partial charge in [-0.1, -0.05) is 6.07 Å². The Bertz CT molecular complexity index is 825. The minimum Gasteiger partial charge on any atom is -0.295 e. The molecule has 0 aliphatic carbocycles. The maximum Gasteiger partial charge on any atom is 0.328 e. The van der Waals surface area contributed by atoms with Gasteiger partial charge in [0.1, 0.15) is 0 Å². The first-order valence-electron chi connectivity index (χ1n) is 5.83. The van der Waals surface area contributed by atoms with Crippen molar-refractivity contribution in [1.82, 2.24) is 9.13 Å². The molecule has 0 saturated heterocycles. The lowest BCUT2D eigenvalue weighted by atomic mass is 10.1. The molecule has 0 bridgehead atoms. The van der Waals surface area contributed by atoms with Gasteiger partial charge in [-0.05, 0) is 29.6 Å². The number of ketones is 1. The molecule has 1 aromatic carbocycles. The van der Waals surface area contributed by atoms with Crippen LogP contribution in [0.4, 0.5) is 0 Å². The zero-order chi connectivity index (χ0) is 13.6. The van der Waals surface area contributed by atoms with E-state index in [-0.39, 0.29) is 11.5 Å². The van der Waals surface area contributed by atoms with Crippen LogP contribution < -0.4 is 5.69 Å². The van der Waals surface area contributed by atoms with Gasteiger partial charge in [-0.3, -0.25) is 13.9 Å². The molecule has 0 unspecified atom stereocenters. The summed E-state index contributed by atoms with van der Waals surface area (Å²) in [6.07, 6.45) is 0. The number of benzene rings is 1. The molecule has 96 valence electrons. The molecular formula is C14H12N2O2S. The van der Waals surface area contributed by atoms with Crippen molar-refractivity contribution in [3.05, 3.63) is 56.6 Å². The molecule has 4 nitrogen and oxygen atoms in total. The van der Waals surface area contributed by atoms with E-state index in [1.807, 2.05) is 17.5 Å². The van der Waals surface area contributed by atoms with Gasteiger partial charge in [-0.25, -0.2) is 4.79 Å². The Morgan fingerprint density at radius 2 is 1.84 bits per heavy atom. The van der Waals surface area contributed by atoms with Crippen molar-refractivity contribution >= 4 is 28.2 Å². The predicted molar refractivity (Wildman–Crippen MR) is 75.9 cm³/mol. The third-order valence-electron chi connectivity index (χ3n) is 3.28. The minimum atomic E-state index is -0.0873. The number of imidazole rings is 1.